The van der Waals surface area contributed by atoms with Crippen LogP contribution in [0.4, 0.5) is 5.82 Å². The number of para-hydroxylation sites is 1. The molecular weight excluding hydrogens is 316 g/mol. The first kappa shape index (κ1) is 19.1. The molecule has 0 spiro atoms. The zero-order chi connectivity index (χ0) is 15.9. The van der Waals surface area contributed by atoms with E-state index < -0.39 is 5.97 Å². The molecule has 0 aliphatic heterocycles. The molecule has 0 saturated heterocycles. The summed E-state index contributed by atoms with van der Waals surface area (Å²) in [6, 6.07) is 7.86. The number of aromatic nitrogens is 2. The van der Waals surface area contributed by atoms with Gasteiger partial charge in [0.25, 0.3) is 0 Å². The second-order valence-electron chi connectivity index (χ2n) is 5.48. The van der Waals surface area contributed by atoms with E-state index in [9.17, 15) is 4.79 Å². The van der Waals surface area contributed by atoms with Gasteiger partial charge in [-0.1, -0.05) is 12.1 Å². The molecule has 23 heavy (non-hydrogen) atoms. The van der Waals surface area contributed by atoms with E-state index in [4.69, 9.17) is 5.11 Å². The molecule has 7 heteroatoms. The van der Waals surface area contributed by atoms with Crippen molar-refractivity contribution in [2.24, 2.45) is 0 Å². The van der Waals surface area contributed by atoms with Gasteiger partial charge in [0.15, 0.2) is 0 Å². The Morgan fingerprint density at radius 1 is 1.26 bits per heavy atom. The number of anilines is 1. The van der Waals surface area contributed by atoms with Gasteiger partial charge >= 0.3 is 5.97 Å². The minimum atomic E-state index is -0.777. The van der Waals surface area contributed by atoms with Crippen molar-refractivity contribution in [3.8, 4) is 0 Å². The Balaban J connectivity index is 0.00000264. The number of carboxylic acid groups (broad SMARTS) is 1. The molecule has 0 bridgehead atoms. The fourth-order valence-corrected chi connectivity index (χ4v) is 2.14. The summed E-state index contributed by atoms with van der Waals surface area (Å²) in [6.07, 6.45) is 1.51. The molecule has 0 amide bonds. The first-order valence-electron chi connectivity index (χ1n) is 7.42. The number of benzene rings is 1. The highest BCUT2D eigenvalue weighted by Crippen LogP contribution is 2.20. The third-order valence-corrected chi connectivity index (χ3v) is 3.29. The molecule has 1 aromatic heterocycles. The quantitative estimate of drug-likeness (QED) is 0.720. The van der Waals surface area contributed by atoms with Crippen molar-refractivity contribution in [1.29, 1.82) is 0 Å². The van der Waals surface area contributed by atoms with Gasteiger partial charge < -0.3 is 15.3 Å². The second-order valence-corrected chi connectivity index (χ2v) is 5.48. The number of fused-ring (bicyclic) bond motifs is 1. The summed E-state index contributed by atoms with van der Waals surface area (Å²) in [5.41, 5.74) is 0.909. The lowest BCUT2D eigenvalue weighted by molar-refractivity contribution is -0.137. The number of carboxylic acids is 1. The predicted molar refractivity (Wildman–Crippen MR) is 94.4 cm³/mol. The van der Waals surface area contributed by atoms with Crippen LogP contribution in [0.25, 0.3) is 10.9 Å². The molecule has 1 aromatic carbocycles. The normalized spacial score (nSPS) is 10.6. The van der Waals surface area contributed by atoms with Crippen LogP contribution in [0.15, 0.2) is 24.3 Å². The molecule has 0 saturated carbocycles. The third kappa shape index (κ3) is 6.00. The van der Waals surface area contributed by atoms with Crippen LogP contribution in [-0.2, 0) is 11.2 Å². The van der Waals surface area contributed by atoms with E-state index in [1.807, 2.05) is 38.4 Å². The van der Waals surface area contributed by atoms with Crippen molar-refractivity contribution in [2.75, 3.05) is 32.5 Å². The lowest BCUT2D eigenvalue weighted by Crippen LogP contribution is -2.17. The van der Waals surface area contributed by atoms with Crippen LogP contribution in [0, 0.1) is 0 Å². The summed E-state index contributed by atoms with van der Waals surface area (Å²) >= 11 is 0. The fraction of sp³-hybridized carbons (Fsp3) is 0.438. The Labute approximate surface area is 142 Å². The molecule has 2 aromatic rings. The molecule has 2 rings (SSSR count). The van der Waals surface area contributed by atoms with Gasteiger partial charge in [0.2, 0.25) is 0 Å². The molecule has 0 fully saturated rings. The summed E-state index contributed by atoms with van der Waals surface area (Å²) in [5, 5.41) is 12.9. The van der Waals surface area contributed by atoms with Gasteiger partial charge in [0, 0.05) is 31.3 Å². The van der Waals surface area contributed by atoms with Crippen LogP contribution in [0.1, 0.15) is 18.7 Å². The average molecular weight is 339 g/mol. The molecule has 0 atom stereocenters. The number of nitrogens with zero attached hydrogens (tertiary/aromatic N) is 3. The topological polar surface area (TPSA) is 78.4 Å². The van der Waals surface area contributed by atoms with Crippen LogP contribution in [0.2, 0.25) is 0 Å². The van der Waals surface area contributed by atoms with Crippen LogP contribution >= 0.6 is 12.4 Å². The predicted octanol–water partition coefficient (Wildman–Crippen LogP) is 2.43. The lowest BCUT2D eigenvalue weighted by Gasteiger charge is -2.12. The molecule has 6 nitrogen and oxygen atoms in total. The van der Waals surface area contributed by atoms with Crippen molar-refractivity contribution >= 4 is 35.1 Å². The Bertz CT molecular complexity index is 649. The lowest BCUT2D eigenvalue weighted by atomic mass is 10.2. The average Bonchev–Trinajstić information content (AvgIpc) is 2.49. The highest BCUT2D eigenvalue weighted by atomic mass is 35.5. The van der Waals surface area contributed by atoms with Gasteiger partial charge in [-0.2, -0.15) is 0 Å². The minimum absolute atomic E-state index is 0. The molecule has 0 aliphatic rings. The standard InChI is InChI=1S/C16H22N4O2.ClH/c1-20(2)11-9-14-18-13-7-4-3-6-12(13)16(19-14)17-10-5-8-15(21)22;/h3-4,6-7H,5,8-11H2,1-2H3,(H,21,22)(H,17,18,19);1H. The van der Waals surface area contributed by atoms with E-state index >= 15 is 0 Å². The smallest absolute Gasteiger partial charge is 0.303 e. The SMILES string of the molecule is CN(C)CCc1nc(NCCCC(=O)O)c2ccccc2n1.Cl. The summed E-state index contributed by atoms with van der Waals surface area (Å²) in [7, 11) is 4.04. The first-order valence-corrected chi connectivity index (χ1v) is 7.42. The largest absolute Gasteiger partial charge is 0.481 e. The third-order valence-electron chi connectivity index (χ3n) is 3.29. The van der Waals surface area contributed by atoms with Gasteiger partial charge in [0.1, 0.15) is 11.6 Å². The zero-order valence-electron chi connectivity index (χ0n) is 13.5. The number of likely N-dealkylation sites (N-methyl/N-ethyl adjacent to an activating group) is 1. The highest BCUT2D eigenvalue weighted by molar-refractivity contribution is 5.89. The maximum Gasteiger partial charge on any atom is 0.303 e. The van der Waals surface area contributed by atoms with E-state index in [1.165, 1.54) is 0 Å². The van der Waals surface area contributed by atoms with E-state index in [2.05, 4.69) is 20.2 Å². The maximum absolute atomic E-state index is 10.6. The van der Waals surface area contributed by atoms with Crippen molar-refractivity contribution in [3.05, 3.63) is 30.1 Å². The van der Waals surface area contributed by atoms with Crippen molar-refractivity contribution < 1.29 is 9.90 Å². The number of rotatable bonds is 8. The molecule has 0 aliphatic carbocycles. The monoisotopic (exact) mass is 338 g/mol. The zero-order valence-corrected chi connectivity index (χ0v) is 14.3. The van der Waals surface area contributed by atoms with E-state index in [1.54, 1.807) is 0 Å². The summed E-state index contributed by atoms with van der Waals surface area (Å²) in [6.45, 7) is 1.47. The van der Waals surface area contributed by atoms with Gasteiger partial charge in [-0.05, 0) is 32.6 Å². The maximum atomic E-state index is 10.6. The van der Waals surface area contributed by atoms with Gasteiger partial charge in [-0.15, -0.1) is 12.4 Å². The number of hydrogen-bond donors (Lipinski definition) is 2. The second kappa shape index (κ2) is 9.27. The fourth-order valence-electron chi connectivity index (χ4n) is 2.14. The Kier molecular flexibility index (Phi) is 7.71. The van der Waals surface area contributed by atoms with E-state index in [-0.39, 0.29) is 18.8 Å². The van der Waals surface area contributed by atoms with Crippen LogP contribution in [0.5, 0.6) is 0 Å². The summed E-state index contributed by atoms with van der Waals surface area (Å²) < 4.78 is 0. The Morgan fingerprint density at radius 2 is 2.00 bits per heavy atom. The minimum Gasteiger partial charge on any atom is -0.481 e. The summed E-state index contributed by atoms with van der Waals surface area (Å²) in [5.74, 6) is 0.805. The van der Waals surface area contributed by atoms with Gasteiger partial charge in [0.05, 0.1) is 5.52 Å². The number of nitrogens with one attached hydrogen (secondary N) is 1. The van der Waals surface area contributed by atoms with Gasteiger partial charge in [-0.3, -0.25) is 4.79 Å². The molecule has 0 unspecified atom stereocenters. The van der Waals surface area contributed by atoms with Crippen LogP contribution in [0.3, 0.4) is 0 Å². The number of aliphatic carboxylic acids is 1. The van der Waals surface area contributed by atoms with Crippen molar-refractivity contribution in [2.45, 2.75) is 19.3 Å². The Morgan fingerprint density at radius 3 is 2.70 bits per heavy atom. The van der Waals surface area contributed by atoms with Crippen molar-refractivity contribution in [3.63, 3.8) is 0 Å². The van der Waals surface area contributed by atoms with E-state index in [0.717, 1.165) is 35.5 Å². The molecule has 2 N–H and O–H groups in total. The first-order chi connectivity index (χ1) is 10.6. The number of hydrogen-bond acceptors (Lipinski definition) is 5. The van der Waals surface area contributed by atoms with Crippen molar-refractivity contribution in [1.82, 2.24) is 14.9 Å². The molecule has 1 heterocycles. The van der Waals surface area contributed by atoms with E-state index in [0.29, 0.717) is 13.0 Å². The van der Waals surface area contributed by atoms with Gasteiger partial charge in [-0.25, -0.2) is 9.97 Å². The molecule has 126 valence electrons. The Hall–Kier alpha value is -1.92. The summed E-state index contributed by atoms with van der Waals surface area (Å²) in [4.78, 5) is 21.8. The number of carbonyl (C=O) groups is 1. The molecular formula is C16H23ClN4O2. The van der Waals surface area contributed by atoms with Crippen LogP contribution in [-0.4, -0.2) is 53.1 Å². The highest BCUT2D eigenvalue weighted by Gasteiger charge is 2.08. The van der Waals surface area contributed by atoms with Crippen LogP contribution < -0.4 is 5.32 Å². The number of halogens is 1. The molecule has 0 radical (unpaired) electrons.